The van der Waals surface area contributed by atoms with Crippen molar-refractivity contribution in [1.29, 1.82) is 0 Å². The molecule has 0 fully saturated rings. The molecule has 0 saturated carbocycles. The minimum Gasteiger partial charge on any atom is -0.147 e. The van der Waals surface area contributed by atoms with Crippen molar-refractivity contribution in [3.63, 3.8) is 0 Å². The molecule has 4 aromatic rings. The van der Waals surface area contributed by atoms with E-state index in [0.29, 0.717) is 13.2 Å². The number of halogens is 2. The molecule has 4 aromatic carbocycles. The predicted octanol–water partition coefficient (Wildman–Crippen LogP) is 12.7. The van der Waals surface area contributed by atoms with Crippen molar-refractivity contribution < 1.29 is 17.4 Å². The van der Waals surface area contributed by atoms with Gasteiger partial charge in [0.05, 0.1) is 0 Å². The van der Waals surface area contributed by atoms with Gasteiger partial charge in [0.2, 0.25) is 0 Å². The van der Waals surface area contributed by atoms with Gasteiger partial charge in [0.15, 0.2) is 0 Å². The third-order valence-corrected chi connectivity index (χ3v) is 28.6. The molecular weight excluding hydrogens is 707 g/mol. The van der Waals surface area contributed by atoms with Gasteiger partial charge in [-0.1, -0.05) is 0 Å². The van der Waals surface area contributed by atoms with Crippen LogP contribution in [0.2, 0.25) is 9.26 Å². The molecule has 2 aliphatic carbocycles. The molecule has 0 radical (unpaired) electrons. The Morgan fingerprint density at radius 3 is 1.91 bits per heavy atom. The van der Waals surface area contributed by atoms with Crippen molar-refractivity contribution >= 4 is 43.8 Å². The summed E-state index contributed by atoms with van der Waals surface area (Å²) in [6.07, 6.45) is 5.18. The van der Waals surface area contributed by atoms with E-state index in [2.05, 4.69) is 163 Å². The van der Waals surface area contributed by atoms with Gasteiger partial charge in [-0.2, -0.15) is 0 Å². The Morgan fingerprint density at radius 2 is 1.32 bits per heavy atom. The van der Waals surface area contributed by atoms with Crippen LogP contribution in [-0.2, 0) is 22.8 Å². The number of allylic oxidation sites excluding steroid dienone is 2. The van der Waals surface area contributed by atoms with Crippen molar-refractivity contribution in [1.82, 2.24) is 0 Å². The summed E-state index contributed by atoms with van der Waals surface area (Å²) in [4.78, 5) is 0. The van der Waals surface area contributed by atoms with Crippen LogP contribution in [0.1, 0.15) is 93.3 Å². The van der Waals surface area contributed by atoms with E-state index < -0.39 is 17.4 Å². The Hall–Kier alpha value is -1.96. The molecule has 0 aromatic heterocycles. The molecule has 2 aliphatic rings. The van der Waals surface area contributed by atoms with E-state index in [0.717, 1.165) is 0 Å². The first-order valence-corrected chi connectivity index (χ1v) is 30.6. The molecular formula is C43H54Cl2SiZr. The molecule has 4 heteroatoms. The SMILES string of the molecule is CC1=Cc2c(-c3ccc(C)cc3C)ccc(C)c2[CH]1[Zr]([CH3])([CH3])(=[SiH2])[CH]1C(C(C)C)=Cc2c(-c3ccc(C(C)(C)C)cc3)cccc21.Cl.Cl. The zero-order valence-electron chi connectivity index (χ0n) is 30.3. The Labute approximate surface area is 299 Å². The Bertz CT molecular complexity index is 1980. The van der Waals surface area contributed by atoms with Crippen molar-refractivity contribution in [2.24, 2.45) is 5.92 Å². The maximum atomic E-state index is 2.78. The van der Waals surface area contributed by atoms with E-state index in [1.807, 2.05) is 0 Å². The normalized spacial score (nSPS) is 17.4. The number of aryl methyl sites for hydroxylation is 3. The molecule has 0 bridgehead atoms. The Balaban J connectivity index is 0.00000250. The summed E-state index contributed by atoms with van der Waals surface area (Å²) in [5.74, 6) is 0.504. The van der Waals surface area contributed by atoms with Gasteiger partial charge in [-0.15, -0.1) is 24.8 Å². The minimum absolute atomic E-state index is 0. The van der Waals surface area contributed by atoms with Crippen molar-refractivity contribution in [2.75, 3.05) is 0 Å². The summed E-state index contributed by atoms with van der Waals surface area (Å²) in [6, 6.07) is 28.3. The van der Waals surface area contributed by atoms with E-state index in [-0.39, 0.29) is 30.2 Å². The molecule has 0 spiro atoms. The van der Waals surface area contributed by atoms with E-state index in [4.69, 9.17) is 0 Å². The molecule has 0 N–H and O–H groups in total. The summed E-state index contributed by atoms with van der Waals surface area (Å²) in [5, 5.41) is 0. The van der Waals surface area contributed by atoms with Gasteiger partial charge in [0.1, 0.15) is 0 Å². The number of rotatable bonds is 5. The van der Waals surface area contributed by atoms with Gasteiger partial charge in [0.25, 0.3) is 0 Å². The maximum absolute atomic E-state index is 3.70. The van der Waals surface area contributed by atoms with Crippen molar-refractivity contribution in [2.45, 2.75) is 84.2 Å². The van der Waals surface area contributed by atoms with Crippen LogP contribution in [0.4, 0.5) is 0 Å². The molecule has 2 unspecified atom stereocenters. The first-order chi connectivity index (χ1) is 21.0. The van der Waals surface area contributed by atoms with Gasteiger partial charge in [-0.05, 0) is 0 Å². The average Bonchev–Trinajstić information content (AvgIpc) is 3.54. The van der Waals surface area contributed by atoms with Crippen LogP contribution in [-0.4, -0.2) is 6.88 Å². The van der Waals surface area contributed by atoms with E-state index in [9.17, 15) is 0 Å². The van der Waals surface area contributed by atoms with Crippen LogP contribution in [0.3, 0.4) is 0 Å². The Morgan fingerprint density at radius 1 is 0.681 bits per heavy atom. The van der Waals surface area contributed by atoms with E-state index >= 15 is 0 Å². The van der Waals surface area contributed by atoms with Gasteiger partial charge in [-0.25, -0.2) is 0 Å². The van der Waals surface area contributed by atoms with Gasteiger partial charge in [0, 0.05) is 0 Å². The summed E-state index contributed by atoms with van der Waals surface area (Å²) in [7, 11) is 0. The second-order valence-corrected chi connectivity index (χ2v) is 47.2. The van der Waals surface area contributed by atoms with Crippen molar-refractivity contribution in [3.05, 3.63) is 128 Å². The first kappa shape index (κ1) is 37.9. The summed E-state index contributed by atoms with van der Waals surface area (Å²) in [5.41, 5.74) is 20.5. The fourth-order valence-electron chi connectivity index (χ4n) is 8.95. The topological polar surface area (TPSA) is 0 Å². The molecule has 0 heterocycles. The molecule has 0 saturated heterocycles. The van der Waals surface area contributed by atoms with Crippen LogP contribution < -0.4 is 0 Å². The first-order valence-electron chi connectivity index (χ1n) is 16.9. The van der Waals surface area contributed by atoms with E-state index in [1.54, 1.807) is 22.3 Å². The second-order valence-electron chi connectivity index (χ2n) is 16.7. The standard InChI is InChI=1S/C22H25.C19H19.2CH3.2ClH.H2Si.Zr/c1-15(2)18-13-17-7-6-8-20(21(17)14-18)16-9-11-19(12-10-16)22(3,4)5;1-12-5-7-16(15(4)9-12)17-8-6-14(3)18-10-13(2)11-19(17)18;;;;;;/h6-15H,1-5H3;5-11H,1-4H3;2*1H3;2*1H;1H2;. The number of fused-ring (bicyclic) bond motifs is 2. The van der Waals surface area contributed by atoms with Crippen LogP contribution in [0, 0.1) is 26.7 Å². The molecule has 0 amide bonds. The van der Waals surface area contributed by atoms with Gasteiger partial charge >= 0.3 is 277 Å². The molecule has 47 heavy (non-hydrogen) atoms. The third kappa shape index (κ3) is 6.43. The summed E-state index contributed by atoms with van der Waals surface area (Å²) < 4.78 is 6.58. The minimum atomic E-state index is -3.70. The summed E-state index contributed by atoms with van der Waals surface area (Å²) >= 11 is -3.70. The molecule has 248 valence electrons. The number of benzene rings is 4. The van der Waals surface area contributed by atoms with Gasteiger partial charge in [-0.3, -0.25) is 0 Å². The quantitative estimate of drug-likeness (QED) is 0.178. The van der Waals surface area contributed by atoms with Gasteiger partial charge < -0.3 is 0 Å². The van der Waals surface area contributed by atoms with Crippen LogP contribution in [0.5, 0.6) is 0 Å². The third-order valence-electron chi connectivity index (χ3n) is 11.0. The van der Waals surface area contributed by atoms with Crippen LogP contribution in [0.25, 0.3) is 34.4 Å². The van der Waals surface area contributed by atoms with Crippen LogP contribution >= 0.6 is 24.8 Å². The average molecular weight is 761 g/mol. The molecule has 6 rings (SSSR count). The van der Waals surface area contributed by atoms with Crippen molar-refractivity contribution in [3.8, 4) is 22.3 Å². The smallest absolute Gasteiger partial charge is 0.147 e. The zero-order chi connectivity index (χ0) is 32.7. The molecule has 0 nitrogen and oxygen atoms in total. The predicted molar refractivity (Wildman–Crippen MR) is 213 cm³/mol. The van der Waals surface area contributed by atoms with E-state index in [1.165, 1.54) is 55.6 Å². The second kappa shape index (κ2) is 13.1. The monoisotopic (exact) mass is 758 g/mol. The maximum Gasteiger partial charge on any atom is -0.147 e. The fraction of sp³-hybridized carbons (Fsp3) is 0.349. The Kier molecular flexibility index (Phi) is 10.5. The van der Waals surface area contributed by atoms with Crippen LogP contribution in [0.15, 0.2) is 83.9 Å². The molecule has 2 atom stereocenters. The number of hydrogen-bond donors (Lipinski definition) is 0. The largest absolute Gasteiger partial charge is 0.147 e. The summed E-state index contributed by atoms with van der Waals surface area (Å²) in [6.45, 7) is 23.5. The fourth-order valence-corrected chi connectivity index (χ4v) is 29.6. The zero-order valence-corrected chi connectivity index (χ0v) is 35.8. The number of hydrogen-bond acceptors (Lipinski definition) is 0. The molecule has 0 aliphatic heterocycles.